The van der Waals surface area contributed by atoms with Crippen molar-refractivity contribution in [3.63, 3.8) is 0 Å². The number of imide groups is 2. The number of hydrogen-bond donors (Lipinski definition) is 5. The number of nitrogens with one attached hydrogen (secondary N) is 3. The maximum atomic E-state index is 14.8. The highest BCUT2D eigenvalue weighted by molar-refractivity contribution is 7.52. The van der Waals surface area contributed by atoms with Crippen LogP contribution in [0.5, 0.6) is 0 Å². The number of unbranched alkanes of at least 4 members (excludes halogenated alkanes) is 7. The second-order valence-electron chi connectivity index (χ2n) is 22.0. The fraction of sp³-hybridized carbons (Fsp3) is 0.483. The Labute approximate surface area is 466 Å². The number of carbonyl (C=O) groups is 8. The van der Waals surface area contributed by atoms with Crippen molar-refractivity contribution in [3.05, 3.63) is 105 Å². The topological polar surface area (TPSA) is 249 Å². The molecule has 0 radical (unpaired) electrons. The van der Waals surface area contributed by atoms with Crippen LogP contribution in [0, 0.1) is 17.3 Å². The lowest BCUT2D eigenvalue weighted by Crippen LogP contribution is -2.58. The minimum absolute atomic E-state index is 0.0298. The van der Waals surface area contributed by atoms with E-state index in [9.17, 15) is 61.5 Å². The lowest BCUT2D eigenvalue weighted by Gasteiger charge is -2.38. The van der Waals surface area contributed by atoms with Crippen LogP contribution < -0.4 is 16.0 Å². The summed E-state index contributed by atoms with van der Waals surface area (Å²) in [5.41, 5.74) is -4.37. The van der Waals surface area contributed by atoms with Crippen LogP contribution in [0.3, 0.4) is 0 Å². The van der Waals surface area contributed by atoms with Crippen LogP contribution in [-0.4, -0.2) is 129 Å². The van der Waals surface area contributed by atoms with E-state index in [1.807, 2.05) is 30.3 Å². The Morgan fingerprint density at radius 2 is 1.61 bits per heavy atom. The van der Waals surface area contributed by atoms with Gasteiger partial charge >= 0.3 is 13.3 Å². The molecule has 0 spiro atoms. The Hall–Kier alpha value is -6.69. The molecule has 4 aliphatic rings. The van der Waals surface area contributed by atoms with Crippen LogP contribution in [-0.2, 0) is 38.9 Å². The molecule has 5 heterocycles. The molecular formula is C58H67F2N6O12PS. The third-order valence-corrected chi connectivity index (χ3v) is 17.2. The smallest absolute Gasteiger partial charge is 0.366 e. The fourth-order valence-electron chi connectivity index (χ4n) is 10.8. The summed E-state index contributed by atoms with van der Waals surface area (Å²) in [5, 5.41) is 8.09. The van der Waals surface area contributed by atoms with Gasteiger partial charge in [-0.3, -0.25) is 53.1 Å². The van der Waals surface area contributed by atoms with E-state index < -0.39 is 83.9 Å². The lowest BCUT2D eigenvalue weighted by atomic mass is 9.85. The molecule has 8 amide bonds. The van der Waals surface area contributed by atoms with Gasteiger partial charge in [-0.15, -0.1) is 11.3 Å². The summed E-state index contributed by atoms with van der Waals surface area (Å²) in [6.45, 7) is 6.32. The van der Waals surface area contributed by atoms with Crippen molar-refractivity contribution in [1.82, 2.24) is 30.7 Å². The lowest BCUT2D eigenvalue weighted by molar-refractivity contribution is -0.147. The van der Waals surface area contributed by atoms with Gasteiger partial charge in [0.15, 0.2) is 0 Å². The van der Waals surface area contributed by atoms with Gasteiger partial charge in [0.05, 0.1) is 22.1 Å². The first kappa shape index (κ1) is 59.4. The van der Waals surface area contributed by atoms with Crippen LogP contribution in [0.4, 0.5) is 8.78 Å². The number of alkyl halides is 2. The number of benzene rings is 3. The molecule has 80 heavy (non-hydrogen) atoms. The zero-order valence-electron chi connectivity index (χ0n) is 45.0. The number of thiophene rings is 1. The van der Waals surface area contributed by atoms with Crippen molar-refractivity contribution in [1.29, 1.82) is 0 Å². The van der Waals surface area contributed by atoms with Crippen molar-refractivity contribution in [3.8, 4) is 11.8 Å². The van der Waals surface area contributed by atoms with Crippen molar-refractivity contribution in [2.75, 3.05) is 32.8 Å². The summed E-state index contributed by atoms with van der Waals surface area (Å²) < 4.78 is 47.3. The Morgan fingerprint density at radius 3 is 2.33 bits per heavy atom. The number of amides is 8. The highest BCUT2D eigenvalue weighted by atomic mass is 32.1. The van der Waals surface area contributed by atoms with Crippen molar-refractivity contribution >= 4 is 76.3 Å². The molecule has 2 unspecified atom stereocenters. The fourth-order valence-corrected chi connectivity index (χ4v) is 12.2. The highest BCUT2D eigenvalue weighted by Crippen LogP contribution is 2.59. The molecule has 0 aliphatic carbocycles. The van der Waals surface area contributed by atoms with Crippen LogP contribution in [0.15, 0.2) is 72.8 Å². The SMILES string of the molecule is CC(C)(C)[C@H](NC(=O)c1cc2cc(C(F)(F)P(=O)(O)O)ccc2s1)C(=O)N1C[C@@H](OCC(=O)NCCCCCCCCCC#Cc2cccc3c2C(=O)N(C2CCC(=O)NC2=O)C3=O)C[C@H]1C(=O)N1CCCC(c2ccccc2)C1. The summed E-state index contributed by atoms with van der Waals surface area (Å²) in [7, 11) is -5.85. The molecule has 1 aromatic heterocycles. The molecule has 22 heteroatoms. The normalized spacial score (nSPS) is 20.1. The van der Waals surface area contributed by atoms with E-state index in [1.165, 1.54) is 23.1 Å². The molecule has 426 valence electrons. The number of ether oxygens (including phenoxy) is 1. The first-order valence-corrected chi connectivity index (χ1v) is 29.6. The standard InChI is InChI=1S/C58H67F2N6O12PS/c1-57(2,3)50(63-52(70)46-31-39-30-40(24-26-45(39)80-46)58(59,60)79(75,76)77)56(74)65-34-41(32-44(65)54(72)64-29-17-22-38(33-64)36-18-13-11-14-19-36)78-35-48(68)61-28-15-10-8-6-4-5-7-9-12-20-37-21-16-23-42-49(37)55(73)66(53(42)71)43-25-27-47(67)62-51(43)69/h11,13-14,16,18-19,21,23-24,26,30-31,38,41,43-44,50H,4-10,15,17,22,25,27-29,32-35H2,1-3H3,(H,61,68)(H,63,70)(H,62,67,69)(H2,75,76,77)/t38?,41-,43?,44-,50+/m0/s1. The van der Waals surface area contributed by atoms with E-state index in [0.29, 0.717) is 36.3 Å². The summed E-state index contributed by atoms with van der Waals surface area (Å²) in [6, 6.07) is 16.0. The number of rotatable bonds is 20. The van der Waals surface area contributed by atoms with E-state index in [0.717, 1.165) is 91.7 Å². The Kier molecular flexibility index (Phi) is 18.9. The van der Waals surface area contributed by atoms with Crippen LogP contribution in [0.2, 0.25) is 0 Å². The van der Waals surface area contributed by atoms with E-state index in [4.69, 9.17) is 4.74 Å². The zero-order valence-corrected chi connectivity index (χ0v) is 46.7. The molecule has 5 atom stereocenters. The second kappa shape index (κ2) is 25.4. The Bertz CT molecular complexity index is 3150. The van der Waals surface area contributed by atoms with E-state index in [1.54, 1.807) is 37.8 Å². The molecule has 3 aromatic carbocycles. The molecule has 3 saturated heterocycles. The summed E-state index contributed by atoms with van der Waals surface area (Å²) in [4.78, 5) is 130. The van der Waals surface area contributed by atoms with Crippen molar-refractivity contribution < 1.29 is 66.2 Å². The van der Waals surface area contributed by atoms with E-state index in [-0.39, 0.29) is 71.5 Å². The van der Waals surface area contributed by atoms with Crippen LogP contribution in [0.25, 0.3) is 10.1 Å². The van der Waals surface area contributed by atoms with Crippen LogP contribution in [0.1, 0.15) is 157 Å². The highest BCUT2D eigenvalue weighted by Gasteiger charge is 2.51. The Balaban J connectivity index is 0.805. The number of piperidine rings is 2. The third kappa shape index (κ3) is 13.7. The first-order valence-electron chi connectivity index (χ1n) is 27.2. The molecule has 5 N–H and O–H groups in total. The van der Waals surface area contributed by atoms with Gasteiger partial charge in [0, 0.05) is 67.2 Å². The predicted molar refractivity (Wildman–Crippen MR) is 293 cm³/mol. The zero-order chi connectivity index (χ0) is 57.5. The van der Waals surface area contributed by atoms with Gasteiger partial charge in [0.2, 0.25) is 29.5 Å². The monoisotopic (exact) mass is 1140 g/mol. The minimum Gasteiger partial charge on any atom is -0.366 e. The summed E-state index contributed by atoms with van der Waals surface area (Å²) in [6.07, 6.45) is 8.13. The molecule has 8 rings (SSSR count). The number of carbonyl (C=O) groups excluding carboxylic acids is 8. The summed E-state index contributed by atoms with van der Waals surface area (Å²) >= 11 is 0.955. The minimum atomic E-state index is -5.85. The van der Waals surface area contributed by atoms with E-state index in [2.05, 4.69) is 27.8 Å². The average Bonchev–Trinajstić information content (AvgIpc) is 4.21. The van der Waals surface area contributed by atoms with Gasteiger partial charge in [0.1, 0.15) is 24.7 Å². The van der Waals surface area contributed by atoms with Gasteiger partial charge in [-0.25, -0.2) is 0 Å². The summed E-state index contributed by atoms with van der Waals surface area (Å²) in [5.74, 6) is 2.14. The van der Waals surface area contributed by atoms with Crippen molar-refractivity contribution in [2.45, 2.75) is 140 Å². The number of nitrogens with zero attached hydrogens (tertiary/aromatic N) is 3. The molecule has 3 fully saturated rings. The Morgan fingerprint density at radius 1 is 0.887 bits per heavy atom. The molecule has 4 aliphatic heterocycles. The molecule has 0 bridgehead atoms. The molecular weight excluding hydrogens is 1070 g/mol. The quantitative estimate of drug-likeness (QED) is 0.0252. The second-order valence-corrected chi connectivity index (χ2v) is 24.7. The molecule has 4 aromatic rings. The number of hydrogen-bond acceptors (Lipinski definition) is 11. The average molecular weight is 1140 g/mol. The predicted octanol–water partition coefficient (Wildman–Crippen LogP) is 7.36. The maximum Gasteiger partial charge on any atom is 0.399 e. The van der Waals surface area contributed by atoms with Gasteiger partial charge < -0.3 is 35.0 Å². The molecule has 0 saturated carbocycles. The van der Waals surface area contributed by atoms with Gasteiger partial charge in [-0.1, -0.05) is 107 Å². The van der Waals surface area contributed by atoms with Crippen LogP contribution >= 0.6 is 18.9 Å². The third-order valence-electron chi connectivity index (χ3n) is 15.1. The van der Waals surface area contributed by atoms with Gasteiger partial charge in [-0.2, -0.15) is 8.78 Å². The number of fused-ring (bicyclic) bond motifs is 2. The maximum absolute atomic E-state index is 14.8. The van der Waals surface area contributed by atoms with Gasteiger partial charge in [-0.05, 0) is 78.8 Å². The largest absolute Gasteiger partial charge is 0.399 e. The first-order chi connectivity index (χ1) is 38.0. The van der Waals surface area contributed by atoms with Crippen molar-refractivity contribution in [2.24, 2.45) is 5.41 Å². The van der Waals surface area contributed by atoms with E-state index >= 15 is 0 Å². The van der Waals surface area contributed by atoms with Gasteiger partial charge in [0.25, 0.3) is 17.7 Å². The number of likely N-dealkylation sites (tertiary alicyclic amines) is 2. The number of halogens is 2. The molecule has 18 nitrogen and oxygen atoms in total.